The largest absolute Gasteiger partial charge is 0.505 e. The number of amides is 2. The number of hydrogen-bond donors (Lipinski definition) is 1. The fourth-order valence-corrected chi connectivity index (χ4v) is 6.43. The van der Waals surface area contributed by atoms with Crippen LogP contribution in [0.4, 0.5) is 36.4 Å². The number of carbonyl (C=O) groups excluding carboxylic acids is 2. The van der Waals surface area contributed by atoms with Gasteiger partial charge in [-0.05, 0) is 73.2 Å². The minimum atomic E-state index is -5.15. The summed E-state index contributed by atoms with van der Waals surface area (Å²) in [5, 5.41) is 9.41. The van der Waals surface area contributed by atoms with Crippen molar-refractivity contribution in [2.24, 2.45) is 17.8 Å². The number of halogens is 7. The van der Waals surface area contributed by atoms with Crippen molar-refractivity contribution in [1.82, 2.24) is 0 Å². The van der Waals surface area contributed by atoms with E-state index in [1.807, 2.05) is 6.92 Å². The zero-order chi connectivity index (χ0) is 32.1. The molecule has 2 heterocycles. The Labute approximate surface area is 247 Å². The van der Waals surface area contributed by atoms with Crippen LogP contribution in [0.5, 0.6) is 5.75 Å². The van der Waals surface area contributed by atoms with Gasteiger partial charge in [-0.1, -0.05) is 17.7 Å². The molecule has 13 heteroatoms. The van der Waals surface area contributed by atoms with Crippen LogP contribution in [0.1, 0.15) is 42.9 Å². The predicted octanol–water partition coefficient (Wildman–Crippen LogP) is 6.92. The molecule has 1 aliphatic carbocycles. The Bertz CT molecular complexity index is 1510. The second-order valence-electron chi connectivity index (χ2n) is 11.3. The summed E-state index contributed by atoms with van der Waals surface area (Å²) in [6.07, 6.45) is -8.03. The molecule has 6 nitrogen and oxygen atoms in total. The molecule has 0 aromatic heterocycles. The Hall–Kier alpha value is -3.71. The Morgan fingerprint density at radius 3 is 2.27 bits per heavy atom. The number of aromatic hydroxyl groups is 1. The van der Waals surface area contributed by atoms with E-state index in [0.717, 1.165) is 11.1 Å². The lowest BCUT2D eigenvalue weighted by Crippen LogP contribution is -2.35. The Morgan fingerprint density at radius 2 is 1.68 bits per heavy atom. The van der Waals surface area contributed by atoms with E-state index in [1.165, 1.54) is 19.2 Å². The number of fused-ring (bicyclic) bond motifs is 3. The quantitative estimate of drug-likeness (QED) is 0.205. The third-order valence-corrected chi connectivity index (χ3v) is 8.34. The molecule has 0 bridgehead atoms. The van der Waals surface area contributed by atoms with Gasteiger partial charge in [0.15, 0.2) is 11.6 Å². The van der Waals surface area contributed by atoms with Gasteiger partial charge in [-0.3, -0.25) is 9.59 Å². The van der Waals surface area contributed by atoms with E-state index in [-0.39, 0.29) is 25.7 Å². The first-order chi connectivity index (χ1) is 20.6. The summed E-state index contributed by atoms with van der Waals surface area (Å²) in [7, 11) is 1.44. The normalized spacial score (nSPS) is 24.3. The number of anilines is 1. The average molecular weight is 628 g/mol. The molecular formula is C31H28F7NO5. The van der Waals surface area contributed by atoms with E-state index < -0.39 is 76.4 Å². The first-order valence-corrected chi connectivity index (χ1v) is 13.8. The number of ether oxygens (including phenoxy) is 2. The Kier molecular flexibility index (Phi) is 8.40. The molecule has 2 saturated heterocycles. The fourth-order valence-electron chi connectivity index (χ4n) is 6.43. The second-order valence-corrected chi connectivity index (χ2v) is 11.3. The number of imide groups is 1. The van der Waals surface area contributed by atoms with Crippen LogP contribution in [0.15, 0.2) is 53.1 Å². The summed E-state index contributed by atoms with van der Waals surface area (Å²) in [5.41, 5.74) is -1.17. The van der Waals surface area contributed by atoms with E-state index >= 15 is 0 Å². The van der Waals surface area contributed by atoms with Crippen LogP contribution in [-0.2, 0) is 31.4 Å². The first-order valence-electron chi connectivity index (χ1n) is 13.8. The molecule has 0 radical (unpaired) electrons. The van der Waals surface area contributed by atoms with Crippen LogP contribution < -0.4 is 4.90 Å². The summed E-state index contributed by atoms with van der Waals surface area (Å²) in [6, 6.07) is 4.71. The fraction of sp³-hybridized carbons (Fsp3) is 0.419. The highest BCUT2D eigenvalue weighted by Gasteiger charge is 2.57. The number of nitrogens with zero attached hydrogens (tertiary/aromatic N) is 1. The number of benzene rings is 2. The van der Waals surface area contributed by atoms with Crippen molar-refractivity contribution in [2.45, 2.75) is 44.6 Å². The van der Waals surface area contributed by atoms with Gasteiger partial charge < -0.3 is 14.6 Å². The lowest BCUT2D eigenvalue weighted by atomic mass is 9.69. The molecule has 0 spiro atoms. The summed E-state index contributed by atoms with van der Waals surface area (Å²) in [4.78, 5) is 27.6. The highest BCUT2D eigenvalue weighted by atomic mass is 19.4. The van der Waals surface area contributed by atoms with Crippen molar-refractivity contribution in [3.63, 3.8) is 0 Å². The summed E-state index contributed by atoms with van der Waals surface area (Å²) in [5.74, 6) is -5.62. The average Bonchev–Trinajstić information content (AvgIpc) is 3.47. The number of rotatable bonds is 7. The number of phenolic OH excluding ortho intramolecular Hbond substituents is 1. The minimum absolute atomic E-state index is 0.0313. The Balaban J connectivity index is 1.42. The maximum atomic E-state index is 13.7. The lowest BCUT2D eigenvalue weighted by Gasteiger charge is -2.31. The van der Waals surface area contributed by atoms with Crippen molar-refractivity contribution in [2.75, 3.05) is 25.2 Å². The summed E-state index contributed by atoms with van der Waals surface area (Å²) >= 11 is 0. The van der Waals surface area contributed by atoms with Gasteiger partial charge in [-0.15, -0.1) is 0 Å². The monoisotopic (exact) mass is 627 g/mol. The van der Waals surface area contributed by atoms with Crippen LogP contribution in [0, 0.1) is 23.6 Å². The van der Waals surface area contributed by atoms with Gasteiger partial charge in [0.25, 0.3) is 0 Å². The molecule has 0 unspecified atom stereocenters. The van der Waals surface area contributed by atoms with Gasteiger partial charge in [0.05, 0.1) is 48.0 Å². The SMILES string of the molecule is COCC1=C2[C@@H](CC/C(C)=C/c3ccc(O)c(F)c3)OC[C@@H]2[C@@H]2C(=O)N(c3cc(C(F)(F)F)cc(C(F)(F)F)c3)C(=O)[C@@H]2C1. The van der Waals surface area contributed by atoms with Crippen molar-refractivity contribution < 1.29 is 54.9 Å². The molecule has 2 amide bonds. The van der Waals surface area contributed by atoms with Crippen molar-refractivity contribution in [3.05, 3.63) is 75.6 Å². The van der Waals surface area contributed by atoms with Gasteiger partial charge in [-0.25, -0.2) is 9.29 Å². The smallest absolute Gasteiger partial charge is 0.416 e. The van der Waals surface area contributed by atoms with Crippen LogP contribution in [0.2, 0.25) is 0 Å². The minimum Gasteiger partial charge on any atom is -0.505 e. The number of phenols is 1. The number of hydrogen-bond acceptors (Lipinski definition) is 5. The number of allylic oxidation sites excluding steroid dienone is 1. The molecule has 4 atom stereocenters. The summed E-state index contributed by atoms with van der Waals surface area (Å²) < 4.78 is 106. The van der Waals surface area contributed by atoms with Crippen LogP contribution in [0.25, 0.3) is 6.08 Å². The van der Waals surface area contributed by atoms with E-state index in [4.69, 9.17) is 9.47 Å². The predicted molar refractivity (Wildman–Crippen MR) is 144 cm³/mol. The van der Waals surface area contributed by atoms with Gasteiger partial charge in [0.2, 0.25) is 11.8 Å². The molecule has 0 saturated carbocycles. The van der Waals surface area contributed by atoms with Gasteiger partial charge in [-0.2, -0.15) is 26.3 Å². The van der Waals surface area contributed by atoms with E-state index in [0.29, 0.717) is 41.0 Å². The van der Waals surface area contributed by atoms with Gasteiger partial charge in [0, 0.05) is 13.0 Å². The van der Waals surface area contributed by atoms with Crippen molar-refractivity contribution in [3.8, 4) is 5.75 Å². The Morgan fingerprint density at radius 1 is 1.02 bits per heavy atom. The molecule has 2 aromatic carbocycles. The number of alkyl halides is 6. The number of carbonyl (C=O) groups is 2. The van der Waals surface area contributed by atoms with E-state index in [2.05, 4.69) is 0 Å². The maximum absolute atomic E-state index is 13.7. The zero-order valence-electron chi connectivity index (χ0n) is 23.6. The molecule has 2 aliphatic heterocycles. The highest BCUT2D eigenvalue weighted by Crippen LogP contribution is 2.51. The second kappa shape index (κ2) is 11.7. The van der Waals surface area contributed by atoms with E-state index in [1.54, 1.807) is 12.1 Å². The van der Waals surface area contributed by atoms with Crippen LogP contribution in [0.3, 0.4) is 0 Å². The molecule has 2 aromatic rings. The molecule has 2 fully saturated rings. The van der Waals surface area contributed by atoms with E-state index in [9.17, 15) is 45.4 Å². The van der Waals surface area contributed by atoms with Gasteiger partial charge in [0.1, 0.15) is 0 Å². The highest BCUT2D eigenvalue weighted by molar-refractivity contribution is 6.22. The molecule has 5 rings (SSSR count). The molecule has 236 valence electrons. The maximum Gasteiger partial charge on any atom is 0.416 e. The third-order valence-electron chi connectivity index (χ3n) is 8.34. The van der Waals surface area contributed by atoms with Gasteiger partial charge >= 0.3 is 12.4 Å². The molecule has 44 heavy (non-hydrogen) atoms. The van der Waals surface area contributed by atoms with Crippen molar-refractivity contribution >= 4 is 23.6 Å². The standard InChI is InChI=1S/C31H28F7NO5/c1-15(7-16-4-5-24(40)23(32)8-16)3-6-25-26-17(13-43-2)9-21-27(22(26)14-44-25)29(42)39(28(21)41)20-11-18(30(33,34)35)10-19(12-20)31(36,37)38/h4-5,7-8,10-12,21-22,25,27,40H,3,6,9,13-14H2,1-2H3/b15-7+/t21-,22+,25-,27-/m1/s1. The molecular weight excluding hydrogens is 599 g/mol. The zero-order valence-corrected chi connectivity index (χ0v) is 23.6. The number of methoxy groups -OCH3 is 1. The van der Waals surface area contributed by atoms with Crippen LogP contribution >= 0.6 is 0 Å². The topological polar surface area (TPSA) is 76.1 Å². The third kappa shape index (κ3) is 5.99. The molecule has 1 N–H and O–H groups in total. The lowest BCUT2D eigenvalue weighted by molar-refractivity contribution is -0.143. The molecule has 3 aliphatic rings. The summed E-state index contributed by atoms with van der Waals surface area (Å²) in [6.45, 7) is 1.96. The first kappa shape index (κ1) is 31.7. The van der Waals surface area contributed by atoms with Crippen LogP contribution in [-0.4, -0.2) is 43.3 Å². The van der Waals surface area contributed by atoms with Crippen molar-refractivity contribution in [1.29, 1.82) is 0 Å².